The lowest BCUT2D eigenvalue weighted by Crippen LogP contribution is -2.39. The Hall–Kier alpha value is -2.34. The van der Waals surface area contributed by atoms with Crippen LogP contribution in [0.4, 0.5) is 0 Å². The van der Waals surface area contributed by atoms with Crippen molar-refractivity contribution < 1.29 is 19.1 Å². The summed E-state index contributed by atoms with van der Waals surface area (Å²) in [5.74, 6) is -0.105. The lowest BCUT2D eigenvalue weighted by molar-refractivity contribution is -0.141. The third kappa shape index (κ3) is 5.90. The van der Waals surface area contributed by atoms with Gasteiger partial charge in [0.2, 0.25) is 0 Å². The summed E-state index contributed by atoms with van der Waals surface area (Å²) in [7, 11) is 1.32. The molecule has 0 fully saturated rings. The van der Waals surface area contributed by atoms with Gasteiger partial charge in [-0.2, -0.15) is 0 Å². The number of hydrogen-bond donors (Lipinski definition) is 1. The molecular formula is C19H20BrNO4. The molecular weight excluding hydrogens is 386 g/mol. The van der Waals surface area contributed by atoms with Crippen LogP contribution in [0.5, 0.6) is 5.75 Å². The highest BCUT2D eigenvalue weighted by Crippen LogP contribution is 2.19. The third-order valence-corrected chi connectivity index (χ3v) is 4.14. The number of rotatable bonds is 7. The SMILES string of the molecule is COC(=O)CC(NC(=O)C(C)Oc1ccc(Br)cc1)c1ccccc1. The van der Waals surface area contributed by atoms with Gasteiger partial charge >= 0.3 is 5.97 Å². The van der Waals surface area contributed by atoms with E-state index < -0.39 is 18.1 Å². The average Bonchev–Trinajstić information content (AvgIpc) is 2.63. The first kappa shape index (κ1) is 19.0. The highest BCUT2D eigenvalue weighted by atomic mass is 79.9. The van der Waals surface area contributed by atoms with E-state index in [1.54, 1.807) is 19.1 Å². The molecule has 132 valence electrons. The highest BCUT2D eigenvalue weighted by Gasteiger charge is 2.22. The van der Waals surface area contributed by atoms with E-state index in [1.807, 2.05) is 42.5 Å². The minimum Gasteiger partial charge on any atom is -0.481 e. The lowest BCUT2D eigenvalue weighted by Gasteiger charge is -2.21. The molecule has 0 aliphatic heterocycles. The first-order valence-corrected chi connectivity index (χ1v) is 8.63. The quantitative estimate of drug-likeness (QED) is 0.714. The molecule has 0 spiro atoms. The van der Waals surface area contributed by atoms with Crippen molar-refractivity contribution in [1.29, 1.82) is 0 Å². The van der Waals surface area contributed by atoms with Gasteiger partial charge in [0.15, 0.2) is 6.10 Å². The number of esters is 1. The summed E-state index contributed by atoms with van der Waals surface area (Å²) in [5, 5.41) is 2.86. The van der Waals surface area contributed by atoms with E-state index in [-0.39, 0.29) is 12.3 Å². The molecule has 2 rings (SSSR count). The van der Waals surface area contributed by atoms with Crippen molar-refractivity contribution in [1.82, 2.24) is 5.32 Å². The lowest BCUT2D eigenvalue weighted by atomic mass is 10.0. The van der Waals surface area contributed by atoms with Gasteiger partial charge in [-0.1, -0.05) is 46.3 Å². The molecule has 0 saturated carbocycles. The largest absolute Gasteiger partial charge is 0.481 e. The molecule has 0 heterocycles. The molecule has 0 radical (unpaired) electrons. The Balaban J connectivity index is 2.04. The van der Waals surface area contributed by atoms with E-state index in [9.17, 15) is 9.59 Å². The van der Waals surface area contributed by atoms with E-state index in [1.165, 1.54) is 7.11 Å². The summed E-state index contributed by atoms with van der Waals surface area (Å²) < 4.78 is 11.3. The Kier molecular flexibility index (Phi) is 7.01. The van der Waals surface area contributed by atoms with Gasteiger partial charge in [0.1, 0.15) is 5.75 Å². The summed E-state index contributed by atoms with van der Waals surface area (Å²) in [6, 6.07) is 16.0. The van der Waals surface area contributed by atoms with Gasteiger partial charge in [-0.25, -0.2) is 0 Å². The monoisotopic (exact) mass is 405 g/mol. The van der Waals surface area contributed by atoms with Crippen LogP contribution in [0.2, 0.25) is 0 Å². The predicted molar refractivity (Wildman–Crippen MR) is 98.2 cm³/mol. The van der Waals surface area contributed by atoms with Gasteiger partial charge < -0.3 is 14.8 Å². The van der Waals surface area contributed by atoms with Gasteiger partial charge in [-0.15, -0.1) is 0 Å². The number of amides is 1. The number of methoxy groups -OCH3 is 1. The van der Waals surface area contributed by atoms with Crippen LogP contribution < -0.4 is 10.1 Å². The first-order chi connectivity index (χ1) is 12.0. The number of nitrogens with one attached hydrogen (secondary N) is 1. The molecule has 2 aromatic rings. The topological polar surface area (TPSA) is 64.6 Å². The molecule has 0 saturated heterocycles. The highest BCUT2D eigenvalue weighted by molar-refractivity contribution is 9.10. The Bertz CT molecular complexity index is 703. The van der Waals surface area contributed by atoms with Crippen molar-refractivity contribution in [2.24, 2.45) is 0 Å². The minimum absolute atomic E-state index is 0.0528. The molecule has 0 bridgehead atoms. The van der Waals surface area contributed by atoms with Crippen molar-refractivity contribution in [2.75, 3.05) is 7.11 Å². The second kappa shape index (κ2) is 9.22. The molecule has 2 aromatic carbocycles. The maximum Gasteiger partial charge on any atom is 0.307 e. The van der Waals surface area contributed by atoms with E-state index in [4.69, 9.17) is 9.47 Å². The van der Waals surface area contributed by atoms with Crippen LogP contribution in [-0.2, 0) is 14.3 Å². The predicted octanol–water partition coefficient (Wildman–Crippen LogP) is 3.64. The Morgan fingerprint density at radius 3 is 2.32 bits per heavy atom. The summed E-state index contributed by atoms with van der Waals surface area (Å²) >= 11 is 3.35. The van der Waals surface area contributed by atoms with Crippen LogP contribution in [0, 0.1) is 0 Å². The molecule has 2 unspecified atom stereocenters. The fourth-order valence-electron chi connectivity index (χ4n) is 2.25. The number of carbonyl (C=O) groups excluding carboxylic acids is 2. The zero-order chi connectivity index (χ0) is 18.2. The number of hydrogen-bond acceptors (Lipinski definition) is 4. The van der Waals surface area contributed by atoms with E-state index in [2.05, 4.69) is 21.2 Å². The van der Waals surface area contributed by atoms with Crippen LogP contribution in [-0.4, -0.2) is 25.1 Å². The fourth-order valence-corrected chi connectivity index (χ4v) is 2.51. The second-order valence-corrected chi connectivity index (χ2v) is 6.38. The van der Waals surface area contributed by atoms with Gasteiger partial charge in [-0.05, 0) is 36.8 Å². The molecule has 6 heteroatoms. The molecule has 25 heavy (non-hydrogen) atoms. The summed E-state index contributed by atoms with van der Waals surface area (Å²) in [6.45, 7) is 1.66. The second-order valence-electron chi connectivity index (χ2n) is 5.47. The van der Waals surface area contributed by atoms with Crippen LogP contribution >= 0.6 is 15.9 Å². The van der Waals surface area contributed by atoms with Crippen LogP contribution in [0.3, 0.4) is 0 Å². The summed E-state index contributed by atoms with van der Waals surface area (Å²) in [6.07, 6.45) is -0.651. The van der Waals surface area contributed by atoms with Crippen molar-refractivity contribution in [3.8, 4) is 5.75 Å². The zero-order valence-electron chi connectivity index (χ0n) is 14.1. The van der Waals surface area contributed by atoms with E-state index in [0.29, 0.717) is 5.75 Å². The van der Waals surface area contributed by atoms with E-state index >= 15 is 0 Å². The average molecular weight is 406 g/mol. The Labute approximate surface area is 155 Å². The molecule has 1 N–H and O–H groups in total. The van der Waals surface area contributed by atoms with Gasteiger partial charge in [0, 0.05) is 4.47 Å². The number of ether oxygens (including phenoxy) is 2. The van der Waals surface area contributed by atoms with Crippen molar-refractivity contribution >= 4 is 27.8 Å². The third-order valence-electron chi connectivity index (χ3n) is 3.61. The van der Waals surface area contributed by atoms with Gasteiger partial charge in [-0.3, -0.25) is 9.59 Å². The van der Waals surface area contributed by atoms with Crippen LogP contribution in [0.25, 0.3) is 0 Å². The number of benzene rings is 2. The van der Waals surface area contributed by atoms with Crippen LogP contribution in [0.1, 0.15) is 24.9 Å². The Morgan fingerprint density at radius 1 is 1.08 bits per heavy atom. The molecule has 0 aliphatic carbocycles. The smallest absolute Gasteiger partial charge is 0.307 e. The zero-order valence-corrected chi connectivity index (χ0v) is 15.7. The van der Waals surface area contributed by atoms with Gasteiger partial charge in [0.25, 0.3) is 5.91 Å². The summed E-state index contributed by atoms with van der Waals surface area (Å²) in [4.78, 5) is 24.1. The molecule has 2 atom stereocenters. The molecule has 0 aliphatic rings. The minimum atomic E-state index is -0.704. The molecule has 0 aromatic heterocycles. The fraction of sp³-hybridized carbons (Fsp3) is 0.263. The maximum atomic E-state index is 12.5. The molecule has 5 nitrogen and oxygen atoms in total. The molecule has 1 amide bonds. The normalized spacial score (nSPS) is 12.8. The van der Waals surface area contributed by atoms with E-state index in [0.717, 1.165) is 10.0 Å². The first-order valence-electron chi connectivity index (χ1n) is 7.84. The summed E-state index contributed by atoms with van der Waals surface area (Å²) in [5.41, 5.74) is 0.831. The van der Waals surface area contributed by atoms with Crippen molar-refractivity contribution in [3.63, 3.8) is 0 Å². The number of carbonyl (C=O) groups is 2. The maximum absolute atomic E-state index is 12.5. The number of halogens is 1. The standard InChI is InChI=1S/C19H20BrNO4/c1-13(25-16-10-8-15(20)9-11-16)19(23)21-17(12-18(22)24-2)14-6-4-3-5-7-14/h3-11,13,17H,12H2,1-2H3,(H,21,23). The van der Waals surface area contributed by atoms with Crippen molar-refractivity contribution in [2.45, 2.75) is 25.5 Å². The van der Waals surface area contributed by atoms with Gasteiger partial charge in [0.05, 0.1) is 19.6 Å². The Morgan fingerprint density at radius 2 is 1.72 bits per heavy atom. The van der Waals surface area contributed by atoms with Crippen LogP contribution in [0.15, 0.2) is 59.1 Å². The van der Waals surface area contributed by atoms with Crippen molar-refractivity contribution in [3.05, 3.63) is 64.6 Å².